The molecule has 2 amide bonds. The van der Waals surface area contributed by atoms with Gasteiger partial charge < -0.3 is 19.9 Å². The fourth-order valence-corrected chi connectivity index (χ4v) is 2.61. The van der Waals surface area contributed by atoms with Gasteiger partial charge in [-0.15, -0.1) is 0 Å². The SMILES string of the molecule is CC(=O)Nc1cccc(NC(=O)c2ccccc2OCc2noc(C)n2)c1C. The molecular formula is C20H20N4O4. The van der Waals surface area contributed by atoms with Gasteiger partial charge in [-0.25, -0.2) is 0 Å². The van der Waals surface area contributed by atoms with Crippen molar-refractivity contribution in [2.45, 2.75) is 27.4 Å². The third-order valence-corrected chi connectivity index (χ3v) is 3.95. The Labute approximate surface area is 161 Å². The van der Waals surface area contributed by atoms with Gasteiger partial charge in [-0.1, -0.05) is 23.4 Å². The number of hydrogen-bond donors (Lipinski definition) is 2. The molecule has 1 heterocycles. The smallest absolute Gasteiger partial charge is 0.259 e. The molecule has 3 aromatic rings. The molecule has 2 aromatic carbocycles. The lowest BCUT2D eigenvalue weighted by atomic mass is 10.1. The minimum Gasteiger partial charge on any atom is -0.485 e. The first kappa shape index (κ1) is 19.1. The Morgan fingerprint density at radius 2 is 1.75 bits per heavy atom. The highest BCUT2D eigenvalue weighted by Crippen LogP contribution is 2.26. The molecule has 0 bridgehead atoms. The highest BCUT2D eigenvalue weighted by Gasteiger charge is 2.15. The van der Waals surface area contributed by atoms with Crippen LogP contribution in [-0.4, -0.2) is 22.0 Å². The summed E-state index contributed by atoms with van der Waals surface area (Å²) in [5.74, 6) is 0.730. The van der Waals surface area contributed by atoms with Gasteiger partial charge in [-0.3, -0.25) is 9.59 Å². The number of ether oxygens (including phenoxy) is 1. The normalized spacial score (nSPS) is 10.4. The van der Waals surface area contributed by atoms with E-state index in [9.17, 15) is 9.59 Å². The summed E-state index contributed by atoms with van der Waals surface area (Å²) < 4.78 is 10.6. The van der Waals surface area contributed by atoms with Crippen molar-refractivity contribution in [3.05, 3.63) is 65.3 Å². The second kappa shape index (κ2) is 8.34. The van der Waals surface area contributed by atoms with Crippen LogP contribution in [0.4, 0.5) is 11.4 Å². The monoisotopic (exact) mass is 380 g/mol. The number of amides is 2. The molecule has 0 fully saturated rings. The van der Waals surface area contributed by atoms with E-state index in [1.54, 1.807) is 49.4 Å². The van der Waals surface area contributed by atoms with Crippen molar-refractivity contribution < 1.29 is 18.8 Å². The van der Waals surface area contributed by atoms with E-state index in [1.807, 2.05) is 6.92 Å². The molecule has 8 heteroatoms. The van der Waals surface area contributed by atoms with Crippen LogP contribution in [0.1, 0.15) is 34.6 Å². The van der Waals surface area contributed by atoms with Crippen molar-refractivity contribution in [1.29, 1.82) is 0 Å². The van der Waals surface area contributed by atoms with Crippen molar-refractivity contribution >= 4 is 23.2 Å². The van der Waals surface area contributed by atoms with E-state index in [0.29, 0.717) is 34.4 Å². The van der Waals surface area contributed by atoms with Gasteiger partial charge in [0.15, 0.2) is 6.61 Å². The molecule has 0 radical (unpaired) electrons. The maximum atomic E-state index is 12.8. The average Bonchev–Trinajstić information content (AvgIpc) is 3.08. The predicted molar refractivity (Wildman–Crippen MR) is 103 cm³/mol. The predicted octanol–water partition coefficient (Wildman–Crippen LogP) is 3.48. The van der Waals surface area contributed by atoms with Gasteiger partial charge >= 0.3 is 0 Å². The summed E-state index contributed by atoms with van der Waals surface area (Å²) in [6.07, 6.45) is 0. The first-order chi connectivity index (χ1) is 13.4. The maximum Gasteiger partial charge on any atom is 0.259 e. The van der Waals surface area contributed by atoms with Crippen LogP contribution in [0.25, 0.3) is 0 Å². The van der Waals surface area contributed by atoms with Crippen molar-refractivity contribution in [2.24, 2.45) is 0 Å². The lowest BCUT2D eigenvalue weighted by Crippen LogP contribution is -2.15. The number of benzene rings is 2. The quantitative estimate of drug-likeness (QED) is 0.678. The van der Waals surface area contributed by atoms with E-state index < -0.39 is 0 Å². The van der Waals surface area contributed by atoms with Gasteiger partial charge in [0.05, 0.1) is 5.56 Å². The molecule has 1 aromatic heterocycles. The second-order valence-electron chi connectivity index (χ2n) is 6.13. The molecule has 144 valence electrons. The molecule has 0 atom stereocenters. The molecular weight excluding hydrogens is 360 g/mol. The summed E-state index contributed by atoms with van der Waals surface area (Å²) >= 11 is 0. The summed E-state index contributed by atoms with van der Waals surface area (Å²) in [5, 5.41) is 9.38. The van der Waals surface area contributed by atoms with E-state index in [2.05, 4.69) is 20.8 Å². The van der Waals surface area contributed by atoms with Crippen molar-refractivity contribution in [3.63, 3.8) is 0 Å². The van der Waals surface area contributed by atoms with Gasteiger partial charge in [-0.2, -0.15) is 4.98 Å². The number of rotatable bonds is 6. The average molecular weight is 380 g/mol. The van der Waals surface area contributed by atoms with Gasteiger partial charge in [-0.05, 0) is 36.8 Å². The summed E-state index contributed by atoms with van der Waals surface area (Å²) in [6, 6.07) is 12.2. The molecule has 0 spiro atoms. The Bertz CT molecular complexity index is 1010. The van der Waals surface area contributed by atoms with Crippen LogP contribution in [0.5, 0.6) is 5.75 Å². The van der Waals surface area contributed by atoms with Crippen LogP contribution in [0, 0.1) is 13.8 Å². The standard InChI is InChI=1S/C20H20N4O4/c1-12-16(21-13(2)25)8-6-9-17(12)23-20(26)15-7-4-5-10-18(15)27-11-19-22-14(3)28-24-19/h4-10H,11H2,1-3H3,(H,21,25)(H,23,26). The minimum absolute atomic E-state index is 0.0820. The van der Waals surface area contributed by atoms with Crippen LogP contribution in [0.2, 0.25) is 0 Å². The van der Waals surface area contributed by atoms with E-state index >= 15 is 0 Å². The lowest BCUT2D eigenvalue weighted by molar-refractivity contribution is -0.114. The minimum atomic E-state index is -0.331. The van der Waals surface area contributed by atoms with Gasteiger partial charge in [0, 0.05) is 25.2 Å². The Kier molecular flexibility index (Phi) is 5.69. The van der Waals surface area contributed by atoms with Crippen LogP contribution in [-0.2, 0) is 11.4 Å². The summed E-state index contributed by atoms with van der Waals surface area (Å²) in [5.41, 5.74) is 2.36. The first-order valence-corrected chi connectivity index (χ1v) is 8.63. The van der Waals surface area contributed by atoms with Crippen LogP contribution < -0.4 is 15.4 Å². The zero-order chi connectivity index (χ0) is 20.1. The van der Waals surface area contributed by atoms with Gasteiger partial charge in [0.1, 0.15) is 5.75 Å². The fraction of sp³-hybridized carbons (Fsp3) is 0.200. The molecule has 0 aliphatic carbocycles. The van der Waals surface area contributed by atoms with E-state index in [4.69, 9.17) is 9.26 Å². The van der Waals surface area contributed by atoms with Crippen molar-refractivity contribution in [2.75, 3.05) is 10.6 Å². The van der Waals surface area contributed by atoms with Gasteiger partial charge in [0.25, 0.3) is 5.91 Å². The Morgan fingerprint density at radius 1 is 1.04 bits per heavy atom. The molecule has 28 heavy (non-hydrogen) atoms. The molecule has 3 rings (SSSR count). The van der Waals surface area contributed by atoms with Crippen molar-refractivity contribution in [1.82, 2.24) is 10.1 Å². The number of nitrogens with one attached hydrogen (secondary N) is 2. The van der Waals surface area contributed by atoms with E-state index in [1.165, 1.54) is 6.92 Å². The fourth-order valence-electron chi connectivity index (χ4n) is 2.61. The number of aryl methyl sites for hydroxylation is 1. The molecule has 0 unspecified atom stereocenters. The third kappa shape index (κ3) is 4.53. The summed E-state index contributed by atoms with van der Waals surface area (Å²) in [7, 11) is 0. The summed E-state index contributed by atoms with van der Waals surface area (Å²) in [6.45, 7) is 5.03. The van der Waals surface area contributed by atoms with Crippen LogP contribution >= 0.6 is 0 Å². The number of nitrogens with zero attached hydrogens (tertiary/aromatic N) is 2. The second-order valence-corrected chi connectivity index (χ2v) is 6.13. The number of hydrogen-bond acceptors (Lipinski definition) is 6. The number of carbonyl (C=O) groups is 2. The third-order valence-electron chi connectivity index (χ3n) is 3.95. The molecule has 0 aliphatic heterocycles. The summed E-state index contributed by atoms with van der Waals surface area (Å²) in [4.78, 5) is 28.2. The maximum absolute atomic E-state index is 12.8. The highest BCUT2D eigenvalue weighted by molar-refractivity contribution is 6.07. The van der Waals surface area contributed by atoms with Crippen LogP contribution in [0.3, 0.4) is 0 Å². The molecule has 0 aliphatic rings. The number of para-hydroxylation sites is 1. The lowest BCUT2D eigenvalue weighted by Gasteiger charge is -2.14. The Morgan fingerprint density at radius 3 is 2.43 bits per heavy atom. The Balaban J connectivity index is 1.77. The molecule has 2 N–H and O–H groups in total. The Hall–Kier alpha value is -3.68. The van der Waals surface area contributed by atoms with E-state index in [0.717, 1.165) is 5.56 Å². The van der Waals surface area contributed by atoms with Gasteiger partial charge in [0.2, 0.25) is 17.6 Å². The number of carbonyl (C=O) groups excluding carboxylic acids is 2. The molecule has 0 saturated heterocycles. The zero-order valence-corrected chi connectivity index (χ0v) is 15.8. The molecule has 8 nitrogen and oxygen atoms in total. The largest absolute Gasteiger partial charge is 0.485 e. The number of anilines is 2. The van der Waals surface area contributed by atoms with Crippen LogP contribution in [0.15, 0.2) is 47.0 Å². The highest BCUT2D eigenvalue weighted by atomic mass is 16.5. The topological polar surface area (TPSA) is 106 Å². The van der Waals surface area contributed by atoms with E-state index in [-0.39, 0.29) is 18.4 Å². The molecule has 0 saturated carbocycles. The first-order valence-electron chi connectivity index (χ1n) is 8.63. The van der Waals surface area contributed by atoms with Crippen molar-refractivity contribution in [3.8, 4) is 5.75 Å². The zero-order valence-electron chi connectivity index (χ0n) is 15.8. The number of aromatic nitrogens is 2.